The van der Waals surface area contributed by atoms with Crippen LogP contribution in [0.25, 0.3) is 10.2 Å². The lowest BCUT2D eigenvalue weighted by Gasteiger charge is -2.19. The van der Waals surface area contributed by atoms with Gasteiger partial charge >= 0.3 is 0 Å². The number of ether oxygens (including phenoxy) is 1. The molecule has 1 amide bonds. The van der Waals surface area contributed by atoms with Gasteiger partial charge in [0.25, 0.3) is 0 Å². The van der Waals surface area contributed by atoms with E-state index < -0.39 is 0 Å². The zero-order valence-corrected chi connectivity index (χ0v) is 16.8. The summed E-state index contributed by atoms with van der Waals surface area (Å²) in [4.78, 5) is 19.3. The highest BCUT2D eigenvalue weighted by Gasteiger charge is 2.22. The Balaban J connectivity index is 1.65. The molecule has 2 aromatic carbocycles. The summed E-state index contributed by atoms with van der Waals surface area (Å²) in [5, 5.41) is 0.511. The topological polar surface area (TPSA) is 55.6 Å². The standard InChI is InChI=1S/C22H19FN2O3S/c1-14-10-15(5-8-19(14)27-2)11-21(26)25(13-17-4-3-9-28-17)22-24-18-7-6-16(23)12-20(18)29-22/h3-10,12H,11,13H2,1-2H3. The Kier molecular flexibility index (Phi) is 5.31. The van der Waals surface area contributed by atoms with E-state index in [-0.39, 0.29) is 24.7 Å². The second-order valence-electron chi connectivity index (χ2n) is 6.65. The number of carbonyl (C=O) groups excluding carboxylic acids is 1. The third-order valence-corrected chi connectivity index (χ3v) is 5.62. The molecule has 7 heteroatoms. The molecule has 4 rings (SSSR count). The number of methoxy groups -OCH3 is 1. The summed E-state index contributed by atoms with van der Waals surface area (Å²) in [5.41, 5.74) is 2.50. The van der Waals surface area contributed by atoms with Gasteiger partial charge in [0.2, 0.25) is 5.91 Å². The predicted octanol–water partition coefficient (Wildman–Crippen LogP) is 5.12. The highest BCUT2D eigenvalue weighted by molar-refractivity contribution is 7.22. The summed E-state index contributed by atoms with van der Waals surface area (Å²) in [5.74, 6) is 0.979. The molecular formula is C22H19FN2O3S. The van der Waals surface area contributed by atoms with Crippen LogP contribution in [0.15, 0.2) is 59.2 Å². The predicted molar refractivity (Wildman–Crippen MR) is 111 cm³/mol. The first-order valence-electron chi connectivity index (χ1n) is 9.06. The number of halogens is 1. The van der Waals surface area contributed by atoms with Gasteiger partial charge in [0.15, 0.2) is 5.13 Å². The normalized spacial score (nSPS) is 11.0. The number of hydrogen-bond donors (Lipinski definition) is 0. The molecule has 0 fully saturated rings. The van der Waals surface area contributed by atoms with Gasteiger partial charge in [0.1, 0.15) is 17.3 Å². The maximum Gasteiger partial charge on any atom is 0.233 e. The molecule has 0 aliphatic rings. The second kappa shape index (κ2) is 8.05. The minimum atomic E-state index is -0.328. The van der Waals surface area contributed by atoms with Crippen molar-refractivity contribution >= 4 is 32.6 Å². The molecule has 0 N–H and O–H groups in total. The average molecular weight is 410 g/mol. The fourth-order valence-corrected chi connectivity index (χ4v) is 4.15. The second-order valence-corrected chi connectivity index (χ2v) is 7.66. The number of benzene rings is 2. The zero-order chi connectivity index (χ0) is 20.4. The Hall–Kier alpha value is -3.19. The zero-order valence-electron chi connectivity index (χ0n) is 16.0. The lowest BCUT2D eigenvalue weighted by Crippen LogP contribution is -2.31. The number of nitrogens with zero attached hydrogens (tertiary/aromatic N) is 2. The van der Waals surface area contributed by atoms with Crippen LogP contribution in [-0.4, -0.2) is 18.0 Å². The molecule has 0 bridgehead atoms. The van der Waals surface area contributed by atoms with Crippen molar-refractivity contribution in [2.75, 3.05) is 12.0 Å². The molecule has 0 saturated heterocycles. The number of thiazole rings is 1. The van der Waals surface area contributed by atoms with Crippen LogP contribution in [0.3, 0.4) is 0 Å². The van der Waals surface area contributed by atoms with E-state index in [9.17, 15) is 9.18 Å². The van der Waals surface area contributed by atoms with Crippen molar-refractivity contribution in [1.82, 2.24) is 4.98 Å². The molecule has 0 spiro atoms. The monoisotopic (exact) mass is 410 g/mol. The number of fused-ring (bicyclic) bond motifs is 1. The van der Waals surface area contributed by atoms with Crippen LogP contribution in [0.1, 0.15) is 16.9 Å². The molecular weight excluding hydrogens is 391 g/mol. The molecule has 0 saturated carbocycles. The van der Waals surface area contributed by atoms with E-state index >= 15 is 0 Å². The van der Waals surface area contributed by atoms with Gasteiger partial charge < -0.3 is 9.15 Å². The molecule has 148 valence electrons. The van der Waals surface area contributed by atoms with Crippen LogP contribution in [0, 0.1) is 12.7 Å². The third-order valence-electron chi connectivity index (χ3n) is 4.58. The fourth-order valence-electron chi connectivity index (χ4n) is 3.14. The number of aryl methyl sites for hydroxylation is 1. The average Bonchev–Trinajstić information content (AvgIpc) is 3.35. The van der Waals surface area contributed by atoms with Crippen molar-refractivity contribution in [2.24, 2.45) is 0 Å². The molecule has 0 aliphatic carbocycles. The quantitative estimate of drug-likeness (QED) is 0.443. The number of amides is 1. The number of carbonyl (C=O) groups is 1. The Morgan fingerprint density at radius 1 is 1.24 bits per heavy atom. The molecule has 2 aromatic heterocycles. The van der Waals surface area contributed by atoms with Crippen molar-refractivity contribution in [2.45, 2.75) is 19.9 Å². The maximum atomic E-state index is 13.6. The fraction of sp³-hybridized carbons (Fsp3) is 0.182. The van der Waals surface area contributed by atoms with Crippen molar-refractivity contribution in [3.05, 3.63) is 77.5 Å². The Morgan fingerprint density at radius 3 is 2.83 bits per heavy atom. The minimum absolute atomic E-state index is 0.120. The van der Waals surface area contributed by atoms with Crippen molar-refractivity contribution in [1.29, 1.82) is 0 Å². The number of hydrogen-bond acceptors (Lipinski definition) is 5. The highest BCUT2D eigenvalue weighted by atomic mass is 32.1. The minimum Gasteiger partial charge on any atom is -0.496 e. The van der Waals surface area contributed by atoms with Gasteiger partial charge in [0.05, 0.1) is 36.6 Å². The lowest BCUT2D eigenvalue weighted by atomic mass is 10.1. The van der Waals surface area contributed by atoms with Gasteiger partial charge in [-0.25, -0.2) is 9.37 Å². The molecule has 4 aromatic rings. The first-order chi connectivity index (χ1) is 14.0. The Labute approximate surface area is 171 Å². The smallest absolute Gasteiger partial charge is 0.233 e. The molecule has 0 atom stereocenters. The van der Waals surface area contributed by atoms with E-state index in [4.69, 9.17) is 9.15 Å². The molecule has 0 unspecified atom stereocenters. The molecule has 0 aliphatic heterocycles. The van der Waals surface area contributed by atoms with E-state index in [1.165, 1.54) is 23.5 Å². The maximum absolute atomic E-state index is 13.6. The van der Waals surface area contributed by atoms with E-state index in [0.717, 1.165) is 16.9 Å². The molecule has 0 radical (unpaired) electrons. The molecule has 5 nitrogen and oxygen atoms in total. The largest absolute Gasteiger partial charge is 0.496 e. The summed E-state index contributed by atoms with van der Waals surface area (Å²) in [6.45, 7) is 2.19. The number of furan rings is 1. The summed E-state index contributed by atoms with van der Waals surface area (Å²) in [6, 6.07) is 13.7. The van der Waals surface area contributed by atoms with Crippen LogP contribution >= 0.6 is 11.3 Å². The first-order valence-corrected chi connectivity index (χ1v) is 9.87. The van der Waals surface area contributed by atoms with E-state index in [1.54, 1.807) is 30.4 Å². The summed E-state index contributed by atoms with van der Waals surface area (Å²) in [7, 11) is 1.62. The summed E-state index contributed by atoms with van der Waals surface area (Å²) >= 11 is 1.28. The summed E-state index contributed by atoms with van der Waals surface area (Å²) < 4.78 is 25.0. The van der Waals surface area contributed by atoms with Gasteiger partial charge in [0, 0.05) is 0 Å². The van der Waals surface area contributed by atoms with Crippen LogP contribution in [0.2, 0.25) is 0 Å². The highest BCUT2D eigenvalue weighted by Crippen LogP contribution is 2.31. The van der Waals surface area contributed by atoms with Crippen LogP contribution in [-0.2, 0) is 17.8 Å². The third kappa shape index (κ3) is 4.14. The van der Waals surface area contributed by atoms with Gasteiger partial charge in [-0.3, -0.25) is 9.69 Å². The van der Waals surface area contributed by atoms with Gasteiger partial charge in [-0.15, -0.1) is 0 Å². The number of anilines is 1. The van der Waals surface area contributed by atoms with Crippen LogP contribution < -0.4 is 9.64 Å². The molecule has 2 heterocycles. The molecule has 29 heavy (non-hydrogen) atoms. The van der Waals surface area contributed by atoms with Crippen LogP contribution in [0.4, 0.5) is 9.52 Å². The Morgan fingerprint density at radius 2 is 2.10 bits per heavy atom. The van der Waals surface area contributed by atoms with Crippen molar-refractivity contribution in [3.63, 3.8) is 0 Å². The van der Waals surface area contributed by atoms with Crippen molar-refractivity contribution < 1.29 is 18.3 Å². The van der Waals surface area contributed by atoms with Gasteiger partial charge in [-0.2, -0.15) is 0 Å². The SMILES string of the molecule is COc1ccc(CC(=O)N(Cc2ccco2)c2nc3ccc(F)cc3s2)cc1C. The first kappa shape index (κ1) is 19.1. The number of rotatable bonds is 6. The van der Waals surface area contributed by atoms with Crippen LogP contribution in [0.5, 0.6) is 5.75 Å². The number of aromatic nitrogens is 1. The van der Waals surface area contributed by atoms with Crippen molar-refractivity contribution in [3.8, 4) is 5.75 Å². The van der Waals surface area contributed by atoms with E-state index in [1.807, 2.05) is 31.2 Å². The Bertz CT molecular complexity index is 1150. The van der Waals surface area contributed by atoms with E-state index in [2.05, 4.69) is 4.98 Å². The van der Waals surface area contributed by atoms with Gasteiger partial charge in [-0.1, -0.05) is 23.5 Å². The summed E-state index contributed by atoms with van der Waals surface area (Å²) in [6.07, 6.45) is 1.77. The van der Waals surface area contributed by atoms with E-state index in [0.29, 0.717) is 21.1 Å². The van der Waals surface area contributed by atoms with Gasteiger partial charge in [-0.05, 0) is 54.4 Å². The lowest BCUT2D eigenvalue weighted by molar-refractivity contribution is -0.118.